The number of amides is 3. The molecule has 1 unspecified atom stereocenters. The van der Waals surface area contributed by atoms with E-state index in [0.29, 0.717) is 23.2 Å². The summed E-state index contributed by atoms with van der Waals surface area (Å²) in [6.07, 6.45) is 0.474. The summed E-state index contributed by atoms with van der Waals surface area (Å²) in [6, 6.07) is 15.5. The summed E-state index contributed by atoms with van der Waals surface area (Å²) >= 11 is 0. The molecule has 1 atom stereocenters. The number of nitrogens with zero attached hydrogens (tertiary/aromatic N) is 1. The zero-order valence-corrected chi connectivity index (χ0v) is 23.7. The first-order valence-corrected chi connectivity index (χ1v) is 14.1. The number of carbonyl (C=O) groups is 3. The number of alkyl halides is 3. The second-order valence-electron chi connectivity index (χ2n) is 10.6. The Kier molecular flexibility index (Phi) is 10.6. The molecule has 0 bridgehead atoms. The van der Waals surface area contributed by atoms with Crippen molar-refractivity contribution in [3.8, 4) is 0 Å². The molecule has 13 heteroatoms. The van der Waals surface area contributed by atoms with Gasteiger partial charge in [-0.15, -0.1) is 0 Å². The summed E-state index contributed by atoms with van der Waals surface area (Å²) in [5.74, 6) is -1.09. The van der Waals surface area contributed by atoms with Crippen molar-refractivity contribution < 1.29 is 43.1 Å². The molecule has 5 N–H and O–H groups in total. The van der Waals surface area contributed by atoms with E-state index in [1.54, 1.807) is 24.3 Å². The van der Waals surface area contributed by atoms with Crippen LogP contribution in [0.2, 0.25) is 0 Å². The molecule has 0 radical (unpaired) electrons. The summed E-state index contributed by atoms with van der Waals surface area (Å²) < 4.78 is 40.7. The number of aliphatic carboxylic acids is 1. The minimum atomic E-state index is -4.95. The van der Waals surface area contributed by atoms with Crippen LogP contribution in [-0.2, 0) is 17.5 Å². The number of carboxylic acid groups (broad SMARTS) is 1. The summed E-state index contributed by atoms with van der Waals surface area (Å²) in [5.41, 5.74) is -0.0337. The molecule has 0 aliphatic heterocycles. The molecule has 44 heavy (non-hydrogen) atoms. The van der Waals surface area contributed by atoms with E-state index >= 15 is 0 Å². The van der Waals surface area contributed by atoms with Gasteiger partial charge in [0.1, 0.15) is 5.56 Å². The van der Waals surface area contributed by atoms with E-state index in [2.05, 4.69) is 10.6 Å². The second-order valence-corrected chi connectivity index (χ2v) is 10.6. The summed E-state index contributed by atoms with van der Waals surface area (Å²) in [6.45, 7) is -0.0426. The molecular weight excluding hydrogens is 581 g/mol. The van der Waals surface area contributed by atoms with Crippen LogP contribution in [-0.4, -0.2) is 34.8 Å². The SMILES string of the molecule is O=C(O)CCNC(=O)c1ccc(CN(C(=O)Nc2ccc([NH+]([O-])O)c(C(F)(F)F)c2)c2ccc(C3CCCCC3)cc2)cc1. The molecule has 3 amide bonds. The van der Waals surface area contributed by atoms with Crippen LogP contribution in [0.15, 0.2) is 66.7 Å². The number of carbonyl (C=O) groups excluding carboxylic acids is 2. The fraction of sp³-hybridized carbons (Fsp3) is 0.323. The predicted octanol–water partition coefficient (Wildman–Crippen LogP) is 5.60. The number of hydrogen-bond donors (Lipinski definition) is 5. The van der Waals surface area contributed by atoms with Crippen LogP contribution in [0.25, 0.3) is 0 Å². The summed E-state index contributed by atoms with van der Waals surface area (Å²) in [7, 11) is 0. The number of benzene rings is 3. The molecule has 3 aromatic rings. The highest BCUT2D eigenvalue weighted by Crippen LogP contribution is 2.36. The highest BCUT2D eigenvalue weighted by molar-refractivity contribution is 6.02. The minimum absolute atomic E-state index is 0.00510. The van der Waals surface area contributed by atoms with Gasteiger partial charge in [0.05, 0.1) is 13.0 Å². The lowest BCUT2D eigenvalue weighted by molar-refractivity contribution is -0.991. The van der Waals surface area contributed by atoms with Gasteiger partial charge in [0, 0.05) is 29.5 Å². The van der Waals surface area contributed by atoms with E-state index in [9.17, 15) is 38.0 Å². The third-order valence-corrected chi connectivity index (χ3v) is 7.51. The van der Waals surface area contributed by atoms with Crippen molar-refractivity contribution in [1.82, 2.24) is 5.32 Å². The molecule has 3 aromatic carbocycles. The van der Waals surface area contributed by atoms with Crippen molar-refractivity contribution in [3.63, 3.8) is 0 Å². The number of rotatable bonds is 10. The Labute approximate surface area is 251 Å². The zero-order chi connectivity index (χ0) is 31.9. The van der Waals surface area contributed by atoms with Gasteiger partial charge in [-0.3, -0.25) is 14.5 Å². The van der Waals surface area contributed by atoms with Crippen LogP contribution in [0.4, 0.5) is 35.0 Å². The highest BCUT2D eigenvalue weighted by atomic mass is 19.4. The average molecular weight is 615 g/mol. The van der Waals surface area contributed by atoms with Crippen molar-refractivity contribution >= 4 is 35.0 Å². The van der Waals surface area contributed by atoms with Gasteiger partial charge >= 0.3 is 18.2 Å². The number of nitrogens with one attached hydrogen (secondary N) is 3. The van der Waals surface area contributed by atoms with Crippen molar-refractivity contribution in [1.29, 1.82) is 0 Å². The Morgan fingerprint density at radius 2 is 1.61 bits per heavy atom. The molecule has 0 heterocycles. The molecular formula is C31H33F3N4O6. The van der Waals surface area contributed by atoms with Crippen LogP contribution in [0.1, 0.15) is 71.5 Å². The normalized spacial score (nSPS) is 14.5. The van der Waals surface area contributed by atoms with Gasteiger partial charge in [0.2, 0.25) is 0 Å². The van der Waals surface area contributed by atoms with Crippen LogP contribution >= 0.6 is 0 Å². The van der Waals surface area contributed by atoms with Gasteiger partial charge in [-0.2, -0.15) is 18.4 Å². The fourth-order valence-corrected chi connectivity index (χ4v) is 5.21. The lowest BCUT2D eigenvalue weighted by Crippen LogP contribution is -2.99. The third kappa shape index (κ3) is 8.56. The lowest BCUT2D eigenvalue weighted by atomic mass is 9.84. The number of hydrogen-bond acceptors (Lipinski definition) is 5. The molecule has 10 nitrogen and oxygen atoms in total. The van der Waals surface area contributed by atoms with Crippen LogP contribution < -0.4 is 20.8 Å². The van der Waals surface area contributed by atoms with Crippen LogP contribution in [0.3, 0.4) is 0 Å². The van der Waals surface area contributed by atoms with Crippen LogP contribution in [0, 0.1) is 5.21 Å². The van der Waals surface area contributed by atoms with Crippen molar-refractivity contribution in [3.05, 3.63) is 94.2 Å². The maximum absolute atomic E-state index is 13.6. The van der Waals surface area contributed by atoms with Gasteiger partial charge in [-0.05, 0) is 66.3 Å². The van der Waals surface area contributed by atoms with Gasteiger partial charge in [-0.1, -0.05) is 43.5 Å². The summed E-state index contributed by atoms with van der Waals surface area (Å²) in [4.78, 5) is 37.9. The van der Waals surface area contributed by atoms with Crippen molar-refractivity contribution in [2.75, 3.05) is 16.8 Å². The molecule has 0 aromatic heterocycles. The maximum Gasteiger partial charge on any atom is 0.422 e. The number of halogens is 3. The molecule has 1 fully saturated rings. The predicted molar refractivity (Wildman–Crippen MR) is 156 cm³/mol. The van der Waals surface area contributed by atoms with Gasteiger partial charge in [0.15, 0.2) is 5.69 Å². The number of anilines is 2. The molecule has 1 aliphatic rings. The quantitative estimate of drug-likeness (QED) is 0.188. The Hall–Kier alpha value is -4.46. The Morgan fingerprint density at radius 1 is 0.955 bits per heavy atom. The van der Waals surface area contributed by atoms with E-state index < -0.39 is 40.6 Å². The monoisotopic (exact) mass is 614 g/mol. The summed E-state index contributed by atoms with van der Waals surface area (Å²) in [5, 5.41) is 32.5. The van der Waals surface area contributed by atoms with E-state index in [4.69, 9.17) is 5.11 Å². The molecule has 1 saturated carbocycles. The lowest BCUT2D eigenvalue weighted by Gasteiger charge is -2.26. The van der Waals surface area contributed by atoms with E-state index in [-0.39, 0.29) is 30.8 Å². The third-order valence-electron chi connectivity index (χ3n) is 7.51. The number of carboxylic acids is 1. The minimum Gasteiger partial charge on any atom is -0.595 e. The first kappa shape index (κ1) is 32.5. The Balaban J connectivity index is 1.58. The van der Waals surface area contributed by atoms with Crippen molar-refractivity contribution in [2.24, 2.45) is 0 Å². The second kappa shape index (κ2) is 14.3. The smallest absolute Gasteiger partial charge is 0.422 e. The van der Waals surface area contributed by atoms with Crippen molar-refractivity contribution in [2.45, 2.75) is 57.2 Å². The maximum atomic E-state index is 13.6. The highest BCUT2D eigenvalue weighted by Gasteiger charge is 2.37. The number of urea groups is 1. The molecule has 1 aliphatic carbocycles. The number of quaternary nitrogens is 1. The topological polar surface area (TPSA) is 146 Å². The van der Waals surface area contributed by atoms with Gasteiger partial charge in [-0.25, -0.2) is 10.0 Å². The van der Waals surface area contributed by atoms with E-state index in [1.165, 1.54) is 23.5 Å². The Morgan fingerprint density at radius 3 is 2.20 bits per heavy atom. The first-order valence-electron chi connectivity index (χ1n) is 14.1. The van der Waals surface area contributed by atoms with Gasteiger partial charge < -0.3 is 20.9 Å². The zero-order valence-electron chi connectivity index (χ0n) is 23.7. The Bertz CT molecular complexity index is 1460. The van der Waals surface area contributed by atoms with Crippen LogP contribution in [0.5, 0.6) is 0 Å². The fourth-order valence-electron chi connectivity index (χ4n) is 5.21. The standard InChI is InChI=1S/C31H33F3N4O6/c32-31(33,34)26-18-24(12-15-27(26)38(43)44)36-30(42)37(25-13-10-22(11-14-25)21-4-2-1-3-5-21)19-20-6-8-23(9-7-20)29(41)35-17-16-28(39)40/h6-15,18,21,38,43H,1-5,16-17,19H2,(H,35,41)(H,36,42)(H,39,40). The van der Waals surface area contributed by atoms with E-state index in [1.807, 2.05) is 12.1 Å². The molecule has 234 valence electrons. The molecule has 0 saturated heterocycles. The largest absolute Gasteiger partial charge is 0.595 e. The van der Waals surface area contributed by atoms with E-state index in [0.717, 1.165) is 43.4 Å². The average Bonchev–Trinajstić information content (AvgIpc) is 3.00. The first-order chi connectivity index (χ1) is 20.9. The van der Waals surface area contributed by atoms with Gasteiger partial charge in [0.25, 0.3) is 5.91 Å². The molecule has 4 rings (SSSR count). The molecule has 0 spiro atoms.